The van der Waals surface area contributed by atoms with Crippen LogP contribution in [0.25, 0.3) is 0 Å². The second kappa shape index (κ2) is 6.43. The summed E-state index contributed by atoms with van der Waals surface area (Å²) >= 11 is 0. The predicted molar refractivity (Wildman–Crippen MR) is 104 cm³/mol. The highest BCUT2D eigenvalue weighted by atomic mass is 35.5. The number of hydrogen-bond donors (Lipinski definition) is 1. The molecule has 0 radical (unpaired) electrons. The van der Waals surface area contributed by atoms with Crippen LogP contribution in [0.2, 0.25) is 0 Å². The number of hydrogen-bond acceptors (Lipinski definition) is 4. The molecule has 1 fully saturated rings. The summed E-state index contributed by atoms with van der Waals surface area (Å²) in [4.78, 5) is 2.49. The van der Waals surface area contributed by atoms with E-state index in [1.54, 1.807) is 0 Å². The SMILES string of the molecule is CCCCOc1ccc2c3c1O[C@H]1[C@@H](O)C=C[C@H]4[C@@H](C2)N(C)CC[C@@]341.Cl. The van der Waals surface area contributed by atoms with E-state index in [2.05, 4.69) is 37.1 Å². The molecule has 0 unspecified atom stereocenters. The quantitative estimate of drug-likeness (QED) is 0.646. The van der Waals surface area contributed by atoms with Crippen molar-refractivity contribution in [2.75, 3.05) is 20.2 Å². The lowest BCUT2D eigenvalue weighted by atomic mass is 9.53. The summed E-state index contributed by atoms with van der Waals surface area (Å²) in [6.07, 6.45) is 7.75. The monoisotopic (exact) mass is 377 g/mol. The van der Waals surface area contributed by atoms with Crippen LogP contribution in [0.1, 0.15) is 37.3 Å². The van der Waals surface area contributed by atoms with E-state index in [1.165, 1.54) is 11.1 Å². The summed E-state index contributed by atoms with van der Waals surface area (Å²) in [6, 6.07) is 4.81. The van der Waals surface area contributed by atoms with Crippen LogP contribution in [0.3, 0.4) is 0 Å². The molecule has 4 aliphatic rings. The molecule has 5 rings (SSSR count). The second-order valence-corrected chi connectivity index (χ2v) is 8.11. The average Bonchev–Trinajstić information content (AvgIpc) is 2.96. The standard InChI is InChI=1S/C21H27NO3.ClH/c1-3-4-11-24-17-8-5-13-12-15-14-6-7-16(23)20-21(14,9-10-22(15)2)18(13)19(17)25-20;/h5-8,14-16,20,23H,3-4,9-12H2,1-2H3;1H/t14-,15+,16-,20-,21-;/m0./s1. The maximum atomic E-state index is 10.7. The Morgan fingerprint density at radius 2 is 2.19 bits per heavy atom. The number of rotatable bonds is 4. The van der Waals surface area contributed by atoms with Crippen molar-refractivity contribution in [1.29, 1.82) is 0 Å². The van der Waals surface area contributed by atoms with Crippen molar-refractivity contribution in [1.82, 2.24) is 4.90 Å². The number of likely N-dealkylation sites (N-methyl/N-ethyl adjacent to an activating group) is 1. The average molecular weight is 378 g/mol. The van der Waals surface area contributed by atoms with Crippen LogP contribution in [0.15, 0.2) is 24.3 Å². The smallest absolute Gasteiger partial charge is 0.165 e. The summed E-state index contributed by atoms with van der Waals surface area (Å²) in [5.74, 6) is 2.19. The lowest BCUT2D eigenvalue weighted by Crippen LogP contribution is -2.64. The first kappa shape index (κ1) is 18.1. The number of aliphatic hydroxyl groups excluding tert-OH is 1. The highest BCUT2D eigenvalue weighted by Crippen LogP contribution is 2.62. The maximum absolute atomic E-state index is 10.7. The zero-order valence-electron chi connectivity index (χ0n) is 15.5. The number of nitrogens with zero attached hydrogens (tertiary/aromatic N) is 1. The Labute approximate surface area is 161 Å². The fourth-order valence-electron chi connectivity index (χ4n) is 5.67. The van der Waals surface area contributed by atoms with Crippen LogP contribution in [0, 0.1) is 5.92 Å². The van der Waals surface area contributed by atoms with Gasteiger partial charge in [0.15, 0.2) is 11.5 Å². The van der Waals surface area contributed by atoms with Crippen molar-refractivity contribution in [2.45, 2.75) is 56.3 Å². The van der Waals surface area contributed by atoms with Gasteiger partial charge in [0, 0.05) is 22.9 Å². The zero-order valence-corrected chi connectivity index (χ0v) is 16.3. The minimum Gasteiger partial charge on any atom is -0.490 e. The molecule has 5 atom stereocenters. The van der Waals surface area contributed by atoms with E-state index in [-0.39, 0.29) is 23.9 Å². The van der Waals surface area contributed by atoms with Gasteiger partial charge in [0.1, 0.15) is 12.2 Å². The molecule has 1 aromatic rings. The van der Waals surface area contributed by atoms with Gasteiger partial charge in [-0.05, 0) is 44.5 Å². The fraction of sp³-hybridized carbons (Fsp3) is 0.619. The van der Waals surface area contributed by atoms with Gasteiger partial charge in [0.05, 0.1) is 6.61 Å². The first-order valence-corrected chi connectivity index (χ1v) is 9.69. The van der Waals surface area contributed by atoms with Crippen molar-refractivity contribution >= 4 is 12.4 Å². The lowest BCUT2D eigenvalue weighted by Gasteiger charge is -2.56. The van der Waals surface area contributed by atoms with Crippen LogP contribution in [0.5, 0.6) is 11.5 Å². The predicted octanol–water partition coefficient (Wildman–Crippen LogP) is 3.09. The van der Waals surface area contributed by atoms with Gasteiger partial charge in [-0.1, -0.05) is 31.6 Å². The normalized spacial score (nSPS) is 36.1. The number of halogens is 1. The van der Waals surface area contributed by atoms with Gasteiger partial charge < -0.3 is 19.5 Å². The van der Waals surface area contributed by atoms with E-state index < -0.39 is 6.10 Å². The molecule has 2 heterocycles. The van der Waals surface area contributed by atoms with Crippen LogP contribution < -0.4 is 9.47 Å². The fourth-order valence-corrected chi connectivity index (χ4v) is 5.67. The molecule has 0 amide bonds. The molecule has 4 nitrogen and oxygen atoms in total. The summed E-state index contributed by atoms with van der Waals surface area (Å²) in [5.41, 5.74) is 2.64. The summed E-state index contributed by atoms with van der Waals surface area (Å²) < 4.78 is 12.5. The van der Waals surface area contributed by atoms with E-state index in [0.717, 1.165) is 50.3 Å². The molecule has 26 heavy (non-hydrogen) atoms. The molecular weight excluding hydrogens is 350 g/mol. The van der Waals surface area contributed by atoms with Crippen molar-refractivity contribution in [2.24, 2.45) is 5.92 Å². The molecule has 2 aliphatic heterocycles. The van der Waals surface area contributed by atoms with Gasteiger partial charge in [-0.3, -0.25) is 0 Å². The number of unbranched alkanes of at least 4 members (excludes halogenated alkanes) is 1. The highest BCUT2D eigenvalue weighted by molar-refractivity contribution is 5.85. The molecule has 0 aromatic heterocycles. The Morgan fingerprint density at radius 3 is 3.00 bits per heavy atom. The van der Waals surface area contributed by atoms with Gasteiger partial charge >= 0.3 is 0 Å². The van der Waals surface area contributed by atoms with Crippen LogP contribution >= 0.6 is 12.4 Å². The van der Waals surface area contributed by atoms with E-state index in [9.17, 15) is 5.11 Å². The maximum Gasteiger partial charge on any atom is 0.165 e. The Kier molecular flexibility index (Phi) is 4.49. The Balaban J connectivity index is 0.00000168. The molecule has 142 valence electrons. The number of aliphatic hydroxyl groups is 1. The molecule has 5 heteroatoms. The van der Waals surface area contributed by atoms with Crippen molar-refractivity contribution < 1.29 is 14.6 Å². The Hall–Kier alpha value is -1.23. The molecule has 1 spiro atoms. The third-order valence-corrected chi connectivity index (χ3v) is 6.89. The minimum absolute atomic E-state index is 0. The Morgan fingerprint density at radius 1 is 1.35 bits per heavy atom. The largest absolute Gasteiger partial charge is 0.490 e. The Bertz CT molecular complexity index is 736. The second-order valence-electron chi connectivity index (χ2n) is 8.11. The first-order valence-electron chi connectivity index (χ1n) is 9.69. The third-order valence-electron chi connectivity index (χ3n) is 6.89. The first-order chi connectivity index (χ1) is 12.2. The molecule has 1 N–H and O–H groups in total. The molecule has 2 aliphatic carbocycles. The van der Waals surface area contributed by atoms with Gasteiger partial charge in [-0.2, -0.15) is 0 Å². The van der Waals surface area contributed by atoms with Gasteiger partial charge in [0.2, 0.25) is 0 Å². The van der Waals surface area contributed by atoms with E-state index in [0.29, 0.717) is 12.0 Å². The minimum atomic E-state index is -0.540. The number of likely N-dealkylation sites (tertiary alicyclic amines) is 1. The van der Waals surface area contributed by atoms with Gasteiger partial charge in [-0.25, -0.2) is 0 Å². The number of piperidine rings is 1. The van der Waals surface area contributed by atoms with Gasteiger partial charge in [0.25, 0.3) is 0 Å². The molecule has 1 aromatic carbocycles. The van der Waals surface area contributed by atoms with Crippen molar-refractivity contribution in [3.8, 4) is 11.5 Å². The van der Waals surface area contributed by atoms with Gasteiger partial charge in [-0.15, -0.1) is 12.4 Å². The molecule has 0 saturated carbocycles. The third kappa shape index (κ3) is 2.22. The highest BCUT2D eigenvalue weighted by Gasteiger charge is 2.64. The summed E-state index contributed by atoms with van der Waals surface area (Å²) in [5, 5.41) is 10.7. The topological polar surface area (TPSA) is 41.9 Å². The van der Waals surface area contributed by atoms with Crippen molar-refractivity contribution in [3.63, 3.8) is 0 Å². The van der Waals surface area contributed by atoms with E-state index in [1.807, 2.05) is 6.08 Å². The van der Waals surface area contributed by atoms with Crippen molar-refractivity contribution in [3.05, 3.63) is 35.4 Å². The molecular formula is C21H28ClNO3. The summed E-state index contributed by atoms with van der Waals surface area (Å²) in [6.45, 7) is 3.95. The van der Waals surface area contributed by atoms with Crippen LogP contribution in [-0.2, 0) is 11.8 Å². The zero-order chi connectivity index (χ0) is 17.2. The van der Waals surface area contributed by atoms with E-state index in [4.69, 9.17) is 9.47 Å². The number of benzene rings is 1. The van der Waals surface area contributed by atoms with Crippen LogP contribution in [0.4, 0.5) is 0 Å². The summed E-state index contributed by atoms with van der Waals surface area (Å²) in [7, 11) is 2.23. The molecule has 1 saturated heterocycles. The van der Waals surface area contributed by atoms with E-state index >= 15 is 0 Å². The molecule has 2 bridgehead atoms. The van der Waals surface area contributed by atoms with Crippen LogP contribution in [-0.4, -0.2) is 48.5 Å². The number of ether oxygens (including phenoxy) is 2. The lowest BCUT2D eigenvalue weighted by molar-refractivity contribution is -0.0454.